The quantitative estimate of drug-likeness (QED) is 0.855. The van der Waals surface area contributed by atoms with Crippen molar-refractivity contribution in [1.82, 2.24) is 15.2 Å². The Hall–Kier alpha value is -2.34. The van der Waals surface area contributed by atoms with Crippen LogP contribution >= 0.6 is 0 Å². The number of hydrogen-bond acceptors (Lipinski definition) is 3. The van der Waals surface area contributed by atoms with Gasteiger partial charge in [0.25, 0.3) is 5.91 Å². The summed E-state index contributed by atoms with van der Waals surface area (Å²) in [5, 5.41) is 4.29. The van der Waals surface area contributed by atoms with Crippen molar-refractivity contribution in [2.24, 2.45) is 5.92 Å². The van der Waals surface area contributed by atoms with Crippen LogP contribution in [-0.2, 0) is 9.53 Å². The molecule has 2 aliphatic heterocycles. The highest BCUT2D eigenvalue weighted by atomic mass is 16.5. The molecule has 28 heavy (non-hydrogen) atoms. The number of amides is 2. The molecule has 2 amide bonds. The Morgan fingerprint density at radius 3 is 2.93 bits per heavy atom. The molecule has 150 valence electrons. The van der Waals surface area contributed by atoms with Gasteiger partial charge in [0.05, 0.1) is 11.5 Å². The number of nitrogens with one attached hydrogen (secondary N) is 2. The number of piperidine rings is 1. The van der Waals surface area contributed by atoms with Gasteiger partial charge in [-0.25, -0.2) is 0 Å². The summed E-state index contributed by atoms with van der Waals surface area (Å²) in [5.74, 6) is -0.0703. The lowest BCUT2D eigenvalue weighted by Crippen LogP contribution is -2.50. The Morgan fingerprint density at radius 1 is 1.25 bits per heavy atom. The van der Waals surface area contributed by atoms with Gasteiger partial charge in [-0.05, 0) is 63.1 Å². The largest absolute Gasteiger partial charge is 0.375 e. The molecular weight excluding hydrogens is 354 g/mol. The second-order valence-electron chi connectivity index (χ2n) is 8.68. The van der Waals surface area contributed by atoms with Crippen LogP contribution in [0.1, 0.15) is 49.9 Å². The van der Waals surface area contributed by atoms with Crippen LogP contribution in [0, 0.1) is 5.92 Å². The minimum atomic E-state index is -0.193. The molecule has 2 unspecified atom stereocenters. The average molecular weight is 383 g/mol. The van der Waals surface area contributed by atoms with Gasteiger partial charge in [-0.3, -0.25) is 9.59 Å². The topological polar surface area (TPSA) is 74.4 Å². The molecule has 0 bridgehead atoms. The van der Waals surface area contributed by atoms with Gasteiger partial charge >= 0.3 is 0 Å². The summed E-state index contributed by atoms with van der Waals surface area (Å²) in [7, 11) is 0. The van der Waals surface area contributed by atoms with Crippen molar-refractivity contribution >= 4 is 22.7 Å². The number of likely N-dealkylation sites (tertiary alicyclic amines) is 1. The van der Waals surface area contributed by atoms with E-state index >= 15 is 0 Å². The highest BCUT2D eigenvalue weighted by Gasteiger charge is 2.33. The van der Waals surface area contributed by atoms with Crippen LogP contribution < -0.4 is 5.32 Å². The fourth-order valence-electron chi connectivity index (χ4n) is 4.41. The minimum Gasteiger partial charge on any atom is -0.375 e. The van der Waals surface area contributed by atoms with Gasteiger partial charge in [0.15, 0.2) is 0 Å². The van der Waals surface area contributed by atoms with Gasteiger partial charge in [0, 0.05) is 43.0 Å². The van der Waals surface area contributed by atoms with Crippen molar-refractivity contribution in [2.75, 3.05) is 19.7 Å². The molecule has 2 aromatic rings. The zero-order chi connectivity index (χ0) is 19.7. The normalized spacial score (nSPS) is 24.9. The van der Waals surface area contributed by atoms with Gasteiger partial charge < -0.3 is 19.9 Å². The molecule has 2 N–H and O–H groups in total. The lowest BCUT2D eigenvalue weighted by molar-refractivity contribution is -0.129. The van der Waals surface area contributed by atoms with Crippen LogP contribution in [0.15, 0.2) is 30.5 Å². The van der Waals surface area contributed by atoms with E-state index in [0.717, 1.165) is 36.6 Å². The first-order valence-corrected chi connectivity index (χ1v) is 10.2. The third kappa shape index (κ3) is 4.07. The van der Waals surface area contributed by atoms with E-state index in [9.17, 15) is 9.59 Å². The van der Waals surface area contributed by atoms with Crippen molar-refractivity contribution in [1.29, 1.82) is 0 Å². The number of H-pyrrole nitrogens is 1. The number of carbonyl (C=O) groups excluding carboxylic acids is 2. The number of carbonyl (C=O) groups is 2. The number of ether oxygens (including phenoxy) is 1. The maximum Gasteiger partial charge on any atom is 0.253 e. The molecule has 1 aromatic heterocycles. The van der Waals surface area contributed by atoms with E-state index in [2.05, 4.69) is 24.1 Å². The standard InChI is InChI=1S/C22H29N3O3/c1-22(2)13-18(8-11-28-22)24-20(26)17-4-3-10-25(14-17)21(27)16-6-5-15-7-9-23-19(15)12-16/h5-7,9,12,17-18,23H,3-4,8,10-11,13-14H2,1-2H3,(H,24,26). The number of aromatic nitrogens is 1. The van der Waals surface area contributed by atoms with Crippen molar-refractivity contribution in [3.8, 4) is 0 Å². The van der Waals surface area contributed by atoms with Gasteiger partial charge in [-0.1, -0.05) is 6.07 Å². The molecule has 4 rings (SSSR count). The maximum absolute atomic E-state index is 13.0. The molecule has 6 heteroatoms. The van der Waals surface area contributed by atoms with Crippen molar-refractivity contribution < 1.29 is 14.3 Å². The minimum absolute atomic E-state index is 0.00111. The van der Waals surface area contributed by atoms with Crippen LogP contribution in [0.2, 0.25) is 0 Å². The Labute approximate surface area is 165 Å². The smallest absolute Gasteiger partial charge is 0.253 e. The summed E-state index contributed by atoms with van der Waals surface area (Å²) in [6.07, 6.45) is 5.23. The Balaban J connectivity index is 1.39. The molecule has 6 nitrogen and oxygen atoms in total. The Bertz CT molecular complexity index is 873. The fourth-order valence-corrected chi connectivity index (χ4v) is 4.41. The van der Waals surface area contributed by atoms with Crippen LogP contribution in [-0.4, -0.2) is 53.0 Å². The molecule has 2 aliphatic rings. The number of rotatable bonds is 3. The van der Waals surface area contributed by atoms with Gasteiger partial charge in [-0.15, -0.1) is 0 Å². The van der Waals surface area contributed by atoms with E-state index < -0.39 is 0 Å². The summed E-state index contributed by atoms with van der Waals surface area (Å²) in [6.45, 7) is 5.99. The predicted octanol–water partition coefficient (Wildman–Crippen LogP) is 3.09. The Kier molecular flexibility index (Phi) is 5.15. The number of hydrogen-bond donors (Lipinski definition) is 2. The first-order chi connectivity index (χ1) is 13.4. The zero-order valence-corrected chi connectivity index (χ0v) is 16.7. The molecular formula is C22H29N3O3. The second-order valence-corrected chi connectivity index (χ2v) is 8.68. The fraction of sp³-hybridized carbons (Fsp3) is 0.545. The maximum atomic E-state index is 13.0. The molecule has 0 saturated carbocycles. The average Bonchev–Trinajstić information content (AvgIpc) is 3.14. The summed E-state index contributed by atoms with van der Waals surface area (Å²) in [4.78, 5) is 30.8. The van der Waals surface area contributed by atoms with Crippen LogP contribution in [0.5, 0.6) is 0 Å². The van der Waals surface area contributed by atoms with Crippen molar-refractivity contribution in [3.63, 3.8) is 0 Å². The van der Waals surface area contributed by atoms with Crippen LogP contribution in [0.4, 0.5) is 0 Å². The predicted molar refractivity (Wildman–Crippen MR) is 108 cm³/mol. The van der Waals surface area contributed by atoms with E-state index in [4.69, 9.17) is 4.74 Å². The monoisotopic (exact) mass is 383 g/mol. The summed E-state index contributed by atoms with van der Waals surface area (Å²) in [6, 6.07) is 7.86. The summed E-state index contributed by atoms with van der Waals surface area (Å²) < 4.78 is 5.74. The number of benzene rings is 1. The van der Waals surface area contributed by atoms with Crippen LogP contribution in [0.3, 0.4) is 0 Å². The lowest BCUT2D eigenvalue weighted by atomic mass is 9.92. The molecule has 0 aliphatic carbocycles. The Morgan fingerprint density at radius 2 is 2.11 bits per heavy atom. The van der Waals surface area contributed by atoms with Gasteiger partial charge in [0.2, 0.25) is 5.91 Å². The highest BCUT2D eigenvalue weighted by molar-refractivity contribution is 5.98. The molecule has 0 radical (unpaired) electrons. The summed E-state index contributed by atoms with van der Waals surface area (Å²) >= 11 is 0. The molecule has 2 saturated heterocycles. The third-order valence-electron chi connectivity index (χ3n) is 5.92. The first kappa shape index (κ1) is 19.0. The van der Waals surface area contributed by atoms with E-state index in [0.29, 0.717) is 25.3 Å². The molecule has 1 aromatic carbocycles. The van der Waals surface area contributed by atoms with Gasteiger partial charge in [0.1, 0.15) is 0 Å². The van der Waals surface area contributed by atoms with Crippen LogP contribution in [0.25, 0.3) is 10.9 Å². The van der Waals surface area contributed by atoms with Crippen molar-refractivity contribution in [3.05, 3.63) is 36.0 Å². The SMILES string of the molecule is CC1(C)CC(NC(=O)C2CCCN(C(=O)c3ccc4cc[nH]c4c3)C2)CCO1. The molecule has 2 fully saturated rings. The summed E-state index contributed by atoms with van der Waals surface area (Å²) in [5.41, 5.74) is 1.43. The van der Waals surface area contributed by atoms with Gasteiger partial charge in [-0.2, -0.15) is 0 Å². The molecule has 2 atom stereocenters. The van der Waals surface area contributed by atoms with Crippen molar-refractivity contribution in [2.45, 2.75) is 51.2 Å². The van der Waals surface area contributed by atoms with E-state index in [1.807, 2.05) is 35.4 Å². The lowest BCUT2D eigenvalue weighted by Gasteiger charge is -2.37. The van der Waals surface area contributed by atoms with E-state index in [1.165, 1.54) is 0 Å². The first-order valence-electron chi connectivity index (χ1n) is 10.2. The number of fused-ring (bicyclic) bond motifs is 1. The molecule has 0 spiro atoms. The molecule has 3 heterocycles. The number of aromatic amines is 1. The number of nitrogens with zero attached hydrogens (tertiary/aromatic N) is 1. The third-order valence-corrected chi connectivity index (χ3v) is 5.92. The van der Waals surface area contributed by atoms with E-state index in [1.54, 1.807) is 0 Å². The highest BCUT2D eigenvalue weighted by Crippen LogP contribution is 2.25. The zero-order valence-electron chi connectivity index (χ0n) is 16.7. The van der Waals surface area contributed by atoms with E-state index in [-0.39, 0.29) is 29.4 Å². The second kappa shape index (κ2) is 7.59.